The van der Waals surface area contributed by atoms with E-state index in [4.69, 9.17) is 9.90 Å². The van der Waals surface area contributed by atoms with Crippen LogP contribution in [0.5, 0.6) is 5.75 Å². The van der Waals surface area contributed by atoms with Crippen LogP contribution in [0.3, 0.4) is 0 Å². The highest BCUT2D eigenvalue weighted by Crippen LogP contribution is 2.28. The van der Waals surface area contributed by atoms with Gasteiger partial charge < -0.3 is 25.0 Å². The molecule has 0 aromatic heterocycles. The van der Waals surface area contributed by atoms with E-state index in [1.807, 2.05) is 7.05 Å². The number of hydrogen-bond acceptors (Lipinski definition) is 4. The molecule has 0 bridgehead atoms. The number of carboxylic acid groups (broad SMARTS) is 1. The molecule has 1 fully saturated rings. The van der Waals surface area contributed by atoms with Gasteiger partial charge in [-0.3, -0.25) is 0 Å². The number of aliphatic carboxylic acids is 1. The van der Waals surface area contributed by atoms with Crippen LogP contribution in [0, 0.1) is 17.5 Å². The monoisotopic (exact) mass is 589 g/mol. The van der Waals surface area contributed by atoms with Gasteiger partial charge in [0.05, 0.1) is 6.54 Å². The molecule has 0 radical (unpaired) electrons. The molecule has 40 heavy (non-hydrogen) atoms. The lowest BCUT2D eigenvalue weighted by molar-refractivity contribution is -0.275. The van der Waals surface area contributed by atoms with Crippen molar-refractivity contribution in [1.29, 1.82) is 0 Å². The molecule has 7 nitrogen and oxygen atoms in total. The van der Waals surface area contributed by atoms with Gasteiger partial charge in [-0.25, -0.2) is 22.8 Å². The number of benzene rings is 2. The van der Waals surface area contributed by atoms with Crippen LogP contribution in [0.15, 0.2) is 36.4 Å². The summed E-state index contributed by atoms with van der Waals surface area (Å²) in [6.07, 6.45) is -8.91. The van der Waals surface area contributed by atoms with Crippen LogP contribution in [0.4, 0.5) is 44.3 Å². The minimum absolute atomic E-state index is 0.0848. The first-order valence-electron chi connectivity index (χ1n) is 11.5. The molecule has 0 saturated carbocycles. The maximum Gasteiger partial charge on any atom is 0.573 e. The lowest BCUT2D eigenvalue weighted by atomic mass is 10.0. The van der Waals surface area contributed by atoms with E-state index in [1.54, 1.807) is 0 Å². The first-order valence-corrected chi connectivity index (χ1v) is 11.5. The SMILES string of the molecule is CN1CCC(N(Cc2ccc(F)cc2F)C(=O)NCc2ccc(F)cc2OC(F)(F)F)CC1.O=C(O)C(F)(F)F. The predicted octanol–water partition coefficient (Wildman–Crippen LogP) is 5.44. The summed E-state index contributed by atoms with van der Waals surface area (Å²) >= 11 is 0. The smallest absolute Gasteiger partial charge is 0.475 e. The maximum atomic E-state index is 14.2. The maximum absolute atomic E-state index is 14.2. The Morgan fingerprint density at radius 3 is 2.00 bits per heavy atom. The van der Waals surface area contributed by atoms with Gasteiger partial charge in [-0.1, -0.05) is 12.1 Å². The van der Waals surface area contributed by atoms with Crippen molar-refractivity contribution < 1.29 is 58.9 Å². The van der Waals surface area contributed by atoms with E-state index >= 15 is 0 Å². The lowest BCUT2D eigenvalue weighted by Crippen LogP contribution is -2.49. The second-order valence-electron chi connectivity index (χ2n) is 8.66. The largest absolute Gasteiger partial charge is 0.573 e. The number of piperidine rings is 1. The number of carbonyl (C=O) groups excluding carboxylic acids is 1. The number of likely N-dealkylation sites (tertiary alicyclic amines) is 1. The molecule has 1 heterocycles. The van der Waals surface area contributed by atoms with E-state index in [9.17, 15) is 44.3 Å². The Morgan fingerprint density at radius 1 is 0.975 bits per heavy atom. The Balaban J connectivity index is 0.000000708. The predicted molar refractivity (Wildman–Crippen MR) is 121 cm³/mol. The topological polar surface area (TPSA) is 82.1 Å². The van der Waals surface area contributed by atoms with Crippen LogP contribution < -0.4 is 10.1 Å². The molecule has 0 unspecified atom stereocenters. The normalized spacial score (nSPS) is 14.7. The van der Waals surface area contributed by atoms with E-state index in [-0.39, 0.29) is 30.3 Å². The zero-order valence-electron chi connectivity index (χ0n) is 20.8. The number of carboxylic acids is 1. The van der Waals surface area contributed by atoms with E-state index < -0.39 is 47.7 Å². The average Bonchev–Trinajstić information content (AvgIpc) is 2.82. The van der Waals surface area contributed by atoms with E-state index in [2.05, 4.69) is 15.0 Å². The van der Waals surface area contributed by atoms with Gasteiger partial charge in [-0.2, -0.15) is 13.2 Å². The van der Waals surface area contributed by atoms with Crippen LogP contribution in [0.2, 0.25) is 0 Å². The zero-order valence-corrected chi connectivity index (χ0v) is 20.8. The summed E-state index contributed by atoms with van der Waals surface area (Å²) in [5.74, 6) is -6.00. The van der Waals surface area contributed by atoms with Gasteiger partial charge in [0.2, 0.25) is 0 Å². The fourth-order valence-electron chi connectivity index (χ4n) is 3.67. The number of nitrogens with zero attached hydrogens (tertiary/aromatic N) is 2. The molecule has 0 aliphatic carbocycles. The summed E-state index contributed by atoms with van der Waals surface area (Å²) in [4.78, 5) is 25.4. The molecule has 222 valence electrons. The van der Waals surface area contributed by atoms with Crippen LogP contribution in [-0.2, 0) is 17.9 Å². The van der Waals surface area contributed by atoms with E-state index in [0.717, 1.165) is 24.3 Å². The number of carbonyl (C=O) groups is 2. The number of halogens is 9. The fourth-order valence-corrected chi connectivity index (χ4v) is 3.67. The molecule has 1 aliphatic rings. The summed E-state index contributed by atoms with van der Waals surface area (Å²) in [5, 5.41) is 9.64. The molecule has 16 heteroatoms. The van der Waals surface area contributed by atoms with Crippen molar-refractivity contribution in [2.24, 2.45) is 0 Å². The lowest BCUT2D eigenvalue weighted by Gasteiger charge is -2.37. The van der Waals surface area contributed by atoms with Crippen molar-refractivity contribution in [3.05, 3.63) is 65.0 Å². The first kappa shape index (κ1) is 32.5. The summed E-state index contributed by atoms with van der Waals surface area (Å²) in [7, 11) is 1.93. The Kier molecular flexibility index (Phi) is 11.0. The highest BCUT2D eigenvalue weighted by Gasteiger charge is 2.38. The molecule has 3 rings (SSSR count). The van der Waals surface area contributed by atoms with Gasteiger partial charge in [0.1, 0.15) is 23.2 Å². The van der Waals surface area contributed by atoms with Crippen molar-refractivity contribution in [2.75, 3.05) is 20.1 Å². The molecular weight excluding hydrogens is 565 g/mol. The van der Waals surface area contributed by atoms with Gasteiger partial charge in [-0.15, -0.1) is 13.2 Å². The van der Waals surface area contributed by atoms with Crippen molar-refractivity contribution in [2.45, 2.75) is 44.5 Å². The van der Waals surface area contributed by atoms with Crippen molar-refractivity contribution in [3.63, 3.8) is 0 Å². The number of urea groups is 1. The zero-order chi connectivity index (χ0) is 30.3. The summed E-state index contributed by atoms with van der Waals surface area (Å²) in [5.41, 5.74) is 0.0201. The number of hydrogen-bond donors (Lipinski definition) is 2. The fraction of sp³-hybridized carbons (Fsp3) is 0.417. The number of rotatable bonds is 6. The Morgan fingerprint density at radius 2 is 1.50 bits per heavy atom. The Hall–Kier alpha value is -3.69. The van der Waals surface area contributed by atoms with Gasteiger partial charge >= 0.3 is 24.5 Å². The third-order valence-electron chi connectivity index (χ3n) is 5.67. The average molecular weight is 589 g/mol. The molecule has 2 aromatic rings. The van der Waals surface area contributed by atoms with Crippen LogP contribution in [-0.4, -0.2) is 65.6 Å². The van der Waals surface area contributed by atoms with E-state index in [1.165, 1.54) is 11.0 Å². The second kappa shape index (κ2) is 13.6. The minimum atomic E-state index is -5.08. The van der Waals surface area contributed by atoms with Crippen LogP contribution >= 0.6 is 0 Å². The van der Waals surface area contributed by atoms with Gasteiger partial charge in [0.25, 0.3) is 0 Å². The van der Waals surface area contributed by atoms with Crippen LogP contribution in [0.25, 0.3) is 0 Å². The van der Waals surface area contributed by atoms with E-state index in [0.29, 0.717) is 32.0 Å². The number of alkyl halides is 6. The third kappa shape index (κ3) is 10.5. The highest BCUT2D eigenvalue weighted by atomic mass is 19.4. The van der Waals surface area contributed by atoms with Crippen molar-refractivity contribution in [3.8, 4) is 5.75 Å². The molecule has 2 amide bonds. The van der Waals surface area contributed by atoms with Gasteiger partial charge in [0, 0.05) is 35.8 Å². The van der Waals surface area contributed by atoms with Crippen molar-refractivity contribution >= 4 is 12.0 Å². The second-order valence-corrected chi connectivity index (χ2v) is 8.66. The molecule has 2 N–H and O–H groups in total. The number of ether oxygens (including phenoxy) is 1. The third-order valence-corrected chi connectivity index (χ3v) is 5.67. The summed E-state index contributed by atoms with van der Waals surface area (Å²) in [6, 6.07) is 4.76. The summed E-state index contributed by atoms with van der Waals surface area (Å²) in [6.45, 7) is 0.866. The Bertz CT molecular complexity index is 1170. The summed E-state index contributed by atoms with van der Waals surface area (Å²) < 4.78 is 115. The van der Waals surface area contributed by atoms with Crippen molar-refractivity contribution in [1.82, 2.24) is 15.1 Å². The minimum Gasteiger partial charge on any atom is -0.475 e. The van der Waals surface area contributed by atoms with Gasteiger partial charge in [0.15, 0.2) is 0 Å². The first-order chi connectivity index (χ1) is 18.5. The quantitative estimate of drug-likeness (QED) is 0.439. The molecule has 1 saturated heterocycles. The highest BCUT2D eigenvalue weighted by molar-refractivity contribution is 5.74. The standard InChI is InChI=1S/C22H23F6N3O2.C2HF3O2/c1-30-8-6-18(7-9-30)31(13-15-3-5-16(23)10-19(15)25)21(32)29-12-14-2-4-17(24)11-20(14)33-22(26,27)28;3-2(4,5)1(6)7/h2-5,10-11,18H,6-9,12-13H2,1H3,(H,29,32);(H,6,7). The molecular formula is C24H24F9N3O4. The number of amides is 2. The molecule has 0 spiro atoms. The van der Waals surface area contributed by atoms with Crippen LogP contribution in [0.1, 0.15) is 24.0 Å². The molecule has 1 aliphatic heterocycles. The van der Waals surface area contributed by atoms with Gasteiger partial charge in [-0.05, 0) is 45.1 Å². The molecule has 0 atom stereocenters. The molecule has 2 aromatic carbocycles. The number of nitrogens with one attached hydrogen (secondary N) is 1. The Labute approximate surface area is 222 Å².